The van der Waals surface area contributed by atoms with Gasteiger partial charge in [-0.1, -0.05) is 51.5 Å². The molecule has 1 aromatic rings. The van der Waals surface area contributed by atoms with Crippen molar-refractivity contribution in [2.45, 2.75) is 51.4 Å². The molecule has 0 radical (unpaired) electrons. The Morgan fingerprint density at radius 1 is 1.17 bits per heavy atom. The molecule has 2 heteroatoms. The fourth-order valence-corrected chi connectivity index (χ4v) is 2.93. The normalized spacial score (nSPS) is 24.2. The molecule has 0 spiro atoms. The first-order valence-electron chi connectivity index (χ1n) is 6.79. The highest BCUT2D eigenvalue weighted by atomic mass is 16.1. The summed E-state index contributed by atoms with van der Waals surface area (Å²) in [6.45, 7) is 6.64. The number of hydrogen-bond acceptors (Lipinski definition) is 1. The minimum Gasteiger partial charge on any atom is -0.369 e. The Bertz CT molecular complexity index is 427. The molecule has 1 aliphatic rings. The molecule has 18 heavy (non-hydrogen) atoms. The standard InChI is InChI=1S/C16H23NO/c1-16(2,3)12-9-7-11(8-10-12)13-5-4-6-14(13)15(17)18/h7-10,13-14H,4-6H2,1-3H3,(H2,17,18). The SMILES string of the molecule is CC(C)(C)c1ccc(C2CCCC2C(N)=O)cc1. The van der Waals surface area contributed by atoms with Gasteiger partial charge in [0.05, 0.1) is 0 Å². The van der Waals surface area contributed by atoms with Crippen molar-refractivity contribution in [2.75, 3.05) is 0 Å². The lowest BCUT2D eigenvalue weighted by Crippen LogP contribution is -2.25. The van der Waals surface area contributed by atoms with Gasteiger partial charge in [-0.05, 0) is 35.3 Å². The van der Waals surface area contributed by atoms with E-state index in [0.717, 1.165) is 19.3 Å². The predicted molar refractivity (Wildman–Crippen MR) is 74.4 cm³/mol. The zero-order valence-corrected chi connectivity index (χ0v) is 11.6. The summed E-state index contributed by atoms with van der Waals surface area (Å²) >= 11 is 0. The summed E-state index contributed by atoms with van der Waals surface area (Å²) in [5, 5.41) is 0. The molecule has 98 valence electrons. The molecule has 2 atom stereocenters. The number of hydrogen-bond donors (Lipinski definition) is 1. The lowest BCUT2D eigenvalue weighted by molar-refractivity contribution is -0.122. The second-order valence-corrected chi connectivity index (χ2v) is 6.42. The van der Waals surface area contributed by atoms with Gasteiger partial charge in [-0.25, -0.2) is 0 Å². The summed E-state index contributed by atoms with van der Waals surface area (Å²) in [7, 11) is 0. The van der Waals surface area contributed by atoms with Gasteiger partial charge in [0, 0.05) is 5.92 Å². The van der Waals surface area contributed by atoms with Crippen LogP contribution >= 0.6 is 0 Å². The third-order valence-corrected chi connectivity index (χ3v) is 4.09. The first kappa shape index (κ1) is 13.1. The second-order valence-electron chi connectivity index (χ2n) is 6.42. The van der Waals surface area contributed by atoms with Crippen LogP contribution in [0.2, 0.25) is 0 Å². The quantitative estimate of drug-likeness (QED) is 0.853. The van der Waals surface area contributed by atoms with Crippen LogP contribution in [0, 0.1) is 5.92 Å². The maximum Gasteiger partial charge on any atom is 0.221 e. The van der Waals surface area contributed by atoms with E-state index >= 15 is 0 Å². The summed E-state index contributed by atoms with van der Waals surface area (Å²) in [6, 6.07) is 8.72. The van der Waals surface area contributed by atoms with Gasteiger partial charge >= 0.3 is 0 Å². The Labute approximate surface area is 110 Å². The van der Waals surface area contributed by atoms with Gasteiger partial charge in [0.15, 0.2) is 0 Å². The van der Waals surface area contributed by atoms with Crippen LogP contribution in [-0.4, -0.2) is 5.91 Å². The molecule has 0 heterocycles. The molecule has 1 aliphatic carbocycles. The number of carbonyl (C=O) groups is 1. The monoisotopic (exact) mass is 245 g/mol. The number of nitrogens with two attached hydrogens (primary N) is 1. The van der Waals surface area contributed by atoms with E-state index in [9.17, 15) is 4.79 Å². The van der Waals surface area contributed by atoms with Gasteiger partial charge in [-0.3, -0.25) is 4.79 Å². The number of primary amides is 1. The van der Waals surface area contributed by atoms with Gasteiger partial charge in [-0.2, -0.15) is 0 Å². The first-order chi connectivity index (χ1) is 8.39. The van der Waals surface area contributed by atoms with E-state index < -0.39 is 0 Å². The Balaban J connectivity index is 2.22. The Morgan fingerprint density at radius 2 is 1.78 bits per heavy atom. The minimum absolute atomic E-state index is 0.0329. The molecule has 1 fully saturated rings. The van der Waals surface area contributed by atoms with Crippen LogP contribution in [0.25, 0.3) is 0 Å². The van der Waals surface area contributed by atoms with Crippen molar-refractivity contribution in [1.82, 2.24) is 0 Å². The van der Waals surface area contributed by atoms with Gasteiger partial charge < -0.3 is 5.73 Å². The molecule has 0 aliphatic heterocycles. The van der Waals surface area contributed by atoms with Crippen LogP contribution in [0.15, 0.2) is 24.3 Å². The summed E-state index contributed by atoms with van der Waals surface area (Å²) in [6.07, 6.45) is 3.14. The highest BCUT2D eigenvalue weighted by Crippen LogP contribution is 2.39. The number of benzene rings is 1. The van der Waals surface area contributed by atoms with Crippen molar-refractivity contribution in [3.8, 4) is 0 Å². The van der Waals surface area contributed by atoms with Crippen molar-refractivity contribution >= 4 is 5.91 Å². The molecule has 2 nitrogen and oxygen atoms in total. The van der Waals surface area contributed by atoms with Crippen LogP contribution < -0.4 is 5.73 Å². The number of carbonyl (C=O) groups excluding carboxylic acids is 1. The molecule has 2 rings (SSSR count). The van der Waals surface area contributed by atoms with E-state index in [4.69, 9.17) is 5.73 Å². The van der Waals surface area contributed by atoms with Gasteiger partial charge in [-0.15, -0.1) is 0 Å². The van der Waals surface area contributed by atoms with Crippen molar-refractivity contribution < 1.29 is 4.79 Å². The Hall–Kier alpha value is -1.31. The Kier molecular flexibility index (Phi) is 3.47. The number of rotatable bonds is 2. The van der Waals surface area contributed by atoms with Crippen molar-refractivity contribution in [3.63, 3.8) is 0 Å². The van der Waals surface area contributed by atoms with Gasteiger partial charge in [0.25, 0.3) is 0 Å². The maximum absolute atomic E-state index is 11.4. The zero-order valence-electron chi connectivity index (χ0n) is 11.6. The summed E-state index contributed by atoms with van der Waals surface area (Å²) < 4.78 is 0. The predicted octanol–water partition coefficient (Wildman–Crippen LogP) is 3.35. The van der Waals surface area contributed by atoms with E-state index in [1.807, 2.05) is 0 Å². The average molecular weight is 245 g/mol. The lowest BCUT2D eigenvalue weighted by atomic mass is 9.83. The number of amides is 1. The van der Waals surface area contributed by atoms with E-state index in [1.165, 1.54) is 11.1 Å². The molecule has 1 aromatic carbocycles. The van der Waals surface area contributed by atoms with Crippen LogP contribution in [0.4, 0.5) is 0 Å². The van der Waals surface area contributed by atoms with Crippen molar-refractivity contribution in [2.24, 2.45) is 11.7 Å². The largest absolute Gasteiger partial charge is 0.369 e. The summed E-state index contributed by atoms with van der Waals surface area (Å²) in [5.41, 5.74) is 8.26. The smallest absolute Gasteiger partial charge is 0.221 e. The molecular weight excluding hydrogens is 222 g/mol. The molecule has 0 saturated heterocycles. The molecular formula is C16H23NO. The highest BCUT2D eigenvalue weighted by molar-refractivity contribution is 5.78. The maximum atomic E-state index is 11.4. The lowest BCUT2D eigenvalue weighted by Gasteiger charge is -2.21. The zero-order chi connectivity index (χ0) is 13.3. The average Bonchev–Trinajstić information content (AvgIpc) is 2.77. The summed E-state index contributed by atoms with van der Waals surface area (Å²) in [4.78, 5) is 11.4. The third-order valence-electron chi connectivity index (χ3n) is 4.09. The molecule has 2 N–H and O–H groups in total. The topological polar surface area (TPSA) is 43.1 Å². The molecule has 0 bridgehead atoms. The van der Waals surface area contributed by atoms with E-state index in [2.05, 4.69) is 45.0 Å². The van der Waals surface area contributed by atoms with Gasteiger partial charge in [0.2, 0.25) is 5.91 Å². The van der Waals surface area contributed by atoms with Crippen LogP contribution in [0.5, 0.6) is 0 Å². The minimum atomic E-state index is -0.141. The van der Waals surface area contributed by atoms with Crippen molar-refractivity contribution in [1.29, 1.82) is 0 Å². The third kappa shape index (κ3) is 2.58. The molecule has 0 aromatic heterocycles. The van der Waals surface area contributed by atoms with Crippen molar-refractivity contribution in [3.05, 3.63) is 35.4 Å². The van der Waals surface area contributed by atoms with E-state index in [0.29, 0.717) is 5.92 Å². The first-order valence-corrected chi connectivity index (χ1v) is 6.79. The molecule has 1 saturated carbocycles. The highest BCUT2D eigenvalue weighted by Gasteiger charge is 2.32. The molecule has 1 amide bonds. The molecule has 2 unspecified atom stereocenters. The van der Waals surface area contributed by atoms with Crippen LogP contribution in [-0.2, 0) is 10.2 Å². The Morgan fingerprint density at radius 3 is 2.28 bits per heavy atom. The fraction of sp³-hybridized carbons (Fsp3) is 0.562. The van der Waals surface area contributed by atoms with Crippen LogP contribution in [0.1, 0.15) is 57.1 Å². The van der Waals surface area contributed by atoms with E-state index in [-0.39, 0.29) is 17.2 Å². The summed E-state index contributed by atoms with van der Waals surface area (Å²) in [5.74, 6) is 0.222. The van der Waals surface area contributed by atoms with Crippen LogP contribution in [0.3, 0.4) is 0 Å². The fourth-order valence-electron chi connectivity index (χ4n) is 2.93. The van der Waals surface area contributed by atoms with E-state index in [1.54, 1.807) is 0 Å². The second kappa shape index (κ2) is 4.75. The van der Waals surface area contributed by atoms with Gasteiger partial charge in [0.1, 0.15) is 0 Å².